The maximum atomic E-state index is 12.4. The van der Waals surface area contributed by atoms with E-state index in [1.54, 1.807) is 36.4 Å². The third-order valence-electron chi connectivity index (χ3n) is 7.43. The van der Waals surface area contributed by atoms with E-state index in [0.29, 0.717) is 16.7 Å². The molecule has 6 aromatic rings. The number of aromatic carboxylic acids is 1. The van der Waals surface area contributed by atoms with Crippen LogP contribution in [0.25, 0.3) is 22.2 Å². The highest BCUT2D eigenvalue weighted by Gasteiger charge is 2.48. The predicted molar refractivity (Wildman–Crippen MR) is 157 cm³/mol. The van der Waals surface area contributed by atoms with E-state index in [9.17, 15) is 20.1 Å². The largest absolute Gasteiger partial charge is 0.506 e. The Balaban J connectivity index is 0.000000283. The van der Waals surface area contributed by atoms with Gasteiger partial charge < -0.3 is 26.8 Å². The Hall–Kier alpha value is -5.83. The average molecular weight is 544 g/mol. The van der Waals surface area contributed by atoms with Gasteiger partial charge in [0.15, 0.2) is 0 Å². The zero-order valence-electron chi connectivity index (χ0n) is 21.6. The molecule has 5 aromatic carbocycles. The first kappa shape index (κ1) is 25.4. The molecule has 1 aromatic heterocycles. The molecule has 0 saturated heterocycles. The molecule has 0 radical (unpaired) electrons. The summed E-state index contributed by atoms with van der Waals surface area (Å²) in [6.07, 6.45) is 0. The normalized spacial score (nSPS) is 12.7. The van der Waals surface area contributed by atoms with Crippen LogP contribution in [0.5, 0.6) is 11.5 Å². The number of nitrogen functional groups attached to an aromatic ring is 2. The van der Waals surface area contributed by atoms with Gasteiger partial charge in [-0.25, -0.2) is 4.79 Å². The summed E-state index contributed by atoms with van der Waals surface area (Å²) in [5, 5.41) is 40.6. The SMILES string of the molecule is Nc1cc(C2(c3ccc(O)c(N)c3)c3ccccc3-c3cccc(C(=O)O)c32)ccc1O.c1ccc2n[nH]nc2c1. The van der Waals surface area contributed by atoms with Crippen molar-refractivity contribution < 1.29 is 20.1 Å². The monoisotopic (exact) mass is 543 g/mol. The lowest BCUT2D eigenvalue weighted by Crippen LogP contribution is -2.30. The van der Waals surface area contributed by atoms with Crippen LogP contribution in [-0.4, -0.2) is 36.7 Å². The van der Waals surface area contributed by atoms with Gasteiger partial charge in [-0.3, -0.25) is 0 Å². The van der Waals surface area contributed by atoms with Crippen molar-refractivity contribution in [2.75, 3.05) is 11.5 Å². The third kappa shape index (κ3) is 3.99. The second-order valence-electron chi connectivity index (χ2n) is 9.69. The number of carboxylic acid groups (broad SMARTS) is 1. The van der Waals surface area contributed by atoms with E-state index < -0.39 is 11.4 Å². The van der Waals surface area contributed by atoms with Crippen LogP contribution in [0.3, 0.4) is 0 Å². The van der Waals surface area contributed by atoms with E-state index in [2.05, 4.69) is 15.4 Å². The Labute approximate surface area is 234 Å². The Bertz CT molecular complexity index is 1870. The number of nitrogens with two attached hydrogens (primary N) is 2. The second kappa shape index (κ2) is 9.73. The molecule has 7 rings (SSSR count). The number of aromatic nitrogens is 3. The molecule has 0 unspecified atom stereocenters. The molecule has 1 aliphatic carbocycles. The van der Waals surface area contributed by atoms with Crippen LogP contribution in [0.2, 0.25) is 0 Å². The Kier molecular flexibility index (Phi) is 6.04. The van der Waals surface area contributed by atoms with Gasteiger partial charge in [0, 0.05) is 0 Å². The number of aromatic amines is 1. The molecule has 0 spiro atoms. The van der Waals surface area contributed by atoms with E-state index >= 15 is 0 Å². The summed E-state index contributed by atoms with van der Waals surface area (Å²) < 4.78 is 0. The van der Waals surface area contributed by atoms with Crippen molar-refractivity contribution in [1.29, 1.82) is 0 Å². The molecule has 0 fully saturated rings. The molecule has 0 amide bonds. The minimum absolute atomic E-state index is 0.0628. The van der Waals surface area contributed by atoms with Crippen molar-refractivity contribution in [2.45, 2.75) is 5.41 Å². The number of hydrogen-bond donors (Lipinski definition) is 6. The lowest BCUT2D eigenvalue weighted by molar-refractivity contribution is 0.0695. The third-order valence-corrected chi connectivity index (χ3v) is 7.43. The molecule has 202 valence electrons. The minimum Gasteiger partial charge on any atom is -0.506 e. The second-order valence-corrected chi connectivity index (χ2v) is 9.69. The number of carbonyl (C=O) groups is 1. The number of phenols is 2. The van der Waals surface area contributed by atoms with Gasteiger partial charge in [-0.15, -0.1) is 0 Å². The highest BCUT2D eigenvalue weighted by molar-refractivity contribution is 5.98. The molecule has 9 heteroatoms. The molecule has 0 aliphatic heterocycles. The lowest BCUT2D eigenvalue weighted by Gasteiger charge is -2.35. The summed E-state index contributed by atoms with van der Waals surface area (Å²) in [6.45, 7) is 0. The Morgan fingerprint density at radius 2 is 1.22 bits per heavy atom. The number of H-pyrrole nitrogens is 1. The fraction of sp³-hybridized carbons (Fsp3) is 0.0312. The van der Waals surface area contributed by atoms with Gasteiger partial charge in [0.2, 0.25) is 0 Å². The number of phenolic OH excluding ortho intramolecular Hbond substituents is 2. The maximum Gasteiger partial charge on any atom is 0.336 e. The average Bonchev–Trinajstić information content (AvgIpc) is 3.58. The molecule has 0 bridgehead atoms. The van der Waals surface area contributed by atoms with Crippen LogP contribution in [-0.2, 0) is 5.41 Å². The molecule has 0 saturated carbocycles. The van der Waals surface area contributed by atoms with Crippen molar-refractivity contribution in [2.24, 2.45) is 0 Å². The number of aromatic hydroxyl groups is 2. The van der Waals surface area contributed by atoms with Crippen LogP contribution in [0, 0.1) is 0 Å². The Morgan fingerprint density at radius 3 is 1.78 bits per heavy atom. The minimum atomic E-state index is -1.08. The van der Waals surface area contributed by atoms with Crippen LogP contribution < -0.4 is 11.5 Å². The summed E-state index contributed by atoms with van der Waals surface area (Å²) in [5.41, 5.74) is 17.9. The number of para-hydroxylation sites is 2. The van der Waals surface area contributed by atoms with Gasteiger partial charge >= 0.3 is 5.97 Å². The van der Waals surface area contributed by atoms with E-state index in [4.69, 9.17) is 11.5 Å². The fourth-order valence-electron chi connectivity index (χ4n) is 5.67. The molecule has 1 heterocycles. The highest BCUT2D eigenvalue weighted by Crippen LogP contribution is 2.58. The van der Waals surface area contributed by atoms with Crippen molar-refractivity contribution in [3.8, 4) is 22.6 Å². The first-order chi connectivity index (χ1) is 19.8. The summed E-state index contributed by atoms with van der Waals surface area (Å²) in [5.74, 6) is -1.18. The molecule has 8 N–H and O–H groups in total. The zero-order valence-corrected chi connectivity index (χ0v) is 21.6. The lowest BCUT2D eigenvalue weighted by atomic mass is 9.66. The molecular weight excluding hydrogens is 518 g/mol. The van der Waals surface area contributed by atoms with Crippen LogP contribution in [0.1, 0.15) is 32.6 Å². The molecule has 0 atom stereocenters. The van der Waals surface area contributed by atoms with Gasteiger partial charge in [-0.1, -0.05) is 60.7 Å². The van der Waals surface area contributed by atoms with Gasteiger partial charge in [-0.05, 0) is 75.8 Å². The van der Waals surface area contributed by atoms with Crippen molar-refractivity contribution in [3.63, 3.8) is 0 Å². The number of fused-ring (bicyclic) bond motifs is 4. The first-order valence-electron chi connectivity index (χ1n) is 12.7. The van der Waals surface area contributed by atoms with E-state index in [1.165, 1.54) is 12.1 Å². The zero-order chi connectivity index (χ0) is 28.7. The number of benzene rings is 5. The number of anilines is 2. The first-order valence-corrected chi connectivity index (χ1v) is 12.7. The molecule has 9 nitrogen and oxygen atoms in total. The predicted octanol–water partition coefficient (Wildman–Crippen LogP) is 5.28. The summed E-state index contributed by atoms with van der Waals surface area (Å²) >= 11 is 0. The van der Waals surface area contributed by atoms with Gasteiger partial charge in [0.05, 0.1) is 22.4 Å². The molecule has 1 aliphatic rings. The van der Waals surface area contributed by atoms with E-state index in [0.717, 1.165) is 27.7 Å². The van der Waals surface area contributed by atoms with Gasteiger partial charge in [-0.2, -0.15) is 15.4 Å². The van der Waals surface area contributed by atoms with Crippen molar-refractivity contribution in [3.05, 3.63) is 131 Å². The number of rotatable bonds is 3. The van der Waals surface area contributed by atoms with Gasteiger partial charge in [0.25, 0.3) is 0 Å². The fourth-order valence-corrected chi connectivity index (χ4v) is 5.67. The molecule has 41 heavy (non-hydrogen) atoms. The highest BCUT2D eigenvalue weighted by atomic mass is 16.4. The Morgan fingerprint density at radius 1 is 0.683 bits per heavy atom. The number of nitrogens with one attached hydrogen (secondary N) is 1. The summed E-state index contributed by atoms with van der Waals surface area (Å²) in [7, 11) is 0. The topological polar surface area (TPSA) is 171 Å². The van der Waals surface area contributed by atoms with Crippen molar-refractivity contribution >= 4 is 28.4 Å². The molecular formula is C32H25N5O4. The van der Waals surface area contributed by atoms with E-state index in [-0.39, 0.29) is 28.4 Å². The smallest absolute Gasteiger partial charge is 0.336 e. The quantitative estimate of drug-likeness (QED) is 0.129. The number of hydrogen-bond acceptors (Lipinski definition) is 7. The van der Waals surface area contributed by atoms with E-state index in [1.807, 2.05) is 54.6 Å². The van der Waals surface area contributed by atoms with Crippen LogP contribution in [0.4, 0.5) is 11.4 Å². The standard InChI is InChI=1S/C26H20N2O4.C6H5N3/c27-20-12-14(8-10-22(20)29)26(15-9-11-23(30)21(28)13-15)19-7-2-1-4-16(19)17-5-3-6-18(24(17)26)25(31)32;1-2-4-6-5(3-1)7-9-8-6/h1-13,29-30H,27-28H2,(H,31,32);1-4H,(H,7,8,9). The van der Waals surface area contributed by atoms with Crippen LogP contribution >= 0.6 is 0 Å². The van der Waals surface area contributed by atoms with Crippen molar-refractivity contribution in [1.82, 2.24) is 15.4 Å². The van der Waals surface area contributed by atoms with Crippen LogP contribution in [0.15, 0.2) is 103 Å². The number of nitrogens with zero attached hydrogens (tertiary/aromatic N) is 2. The summed E-state index contributed by atoms with van der Waals surface area (Å²) in [4.78, 5) is 12.4. The van der Waals surface area contributed by atoms with Gasteiger partial charge in [0.1, 0.15) is 22.5 Å². The summed E-state index contributed by atoms with van der Waals surface area (Å²) in [6, 6.07) is 30.4. The number of carboxylic acids is 1. The maximum absolute atomic E-state index is 12.4.